The fourth-order valence-corrected chi connectivity index (χ4v) is 5.13. The van der Waals surface area contributed by atoms with Crippen LogP contribution in [0.1, 0.15) is 24.0 Å². The van der Waals surface area contributed by atoms with Gasteiger partial charge in [0.15, 0.2) is 6.61 Å². The molecular formula is C21H23FN2O5S. The van der Waals surface area contributed by atoms with Crippen LogP contribution in [-0.4, -0.2) is 43.8 Å². The van der Waals surface area contributed by atoms with Crippen molar-refractivity contribution in [3.8, 4) is 0 Å². The summed E-state index contributed by atoms with van der Waals surface area (Å²) >= 11 is 0. The number of aryl methyl sites for hydroxylation is 2. The van der Waals surface area contributed by atoms with E-state index in [1.807, 2.05) is 26.0 Å². The minimum absolute atomic E-state index is 0.0746. The molecule has 0 aromatic heterocycles. The van der Waals surface area contributed by atoms with E-state index < -0.39 is 45.3 Å². The van der Waals surface area contributed by atoms with E-state index in [1.54, 1.807) is 6.07 Å². The lowest BCUT2D eigenvalue weighted by Gasteiger charge is -2.22. The Kier molecular flexibility index (Phi) is 6.52. The molecule has 2 aromatic carbocycles. The molecule has 160 valence electrons. The molecule has 3 rings (SSSR count). The normalized spacial score (nSPS) is 17.0. The van der Waals surface area contributed by atoms with Crippen LogP contribution in [0.25, 0.3) is 0 Å². The number of hydrogen-bond acceptors (Lipinski definition) is 5. The highest BCUT2D eigenvalue weighted by Gasteiger charge is 2.41. The molecule has 9 heteroatoms. The van der Waals surface area contributed by atoms with E-state index in [9.17, 15) is 22.4 Å². The Morgan fingerprint density at radius 1 is 1.20 bits per heavy atom. The van der Waals surface area contributed by atoms with Crippen molar-refractivity contribution < 1.29 is 27.1 Å². The molecule has 7 nitrogen and oxygen atoms in total. The predicted octanol–water partition coefficient (Wildman–Crippen LogP) is 2.78. The van der Waals surface area contributed by atoms with Gasteiger partial charge in [-0.3, -0.25) is 9.59 Å². The van der Waals surface area contributed by atoms with Gasteiger partial charge in [0, 0.05) is 12.2 Å². The first kappa shape index (κ1) is 21.9. The van der Waals surface area contributed by atoms with Crippen molar-refractivity contribution in [2.24, 2.45) is 0 Å². The molecule has 1 amide bonds. The second-order valence-corrected chi connectivity index (χ2v) is 9.04. The van der Waals surface area contributed by atoms with Crippen molar-refractivity contribution in [1.29, 1.82) is 0 Å². The average Bonchev–Trinajstić information content (AvgIpc) is 3.19. The largest absolute Gasteiger partial charge is 0.454 e. The summed E-state index contributed by atoms with van der Waals surface area (Å²) < 4.78 is 45.6. The number of halogens is 1. The highest BCUT2D eigenvalue weighted by atomic mass is 32.2. The lowest BCUT2D eigenvalue weighted by atomic mass is 10.1. The van der Waals surface area contributed by atoms with Crippen LogP contribution in [0, 0.1) is 19.7 Å². The van der Waals surface area contributed by atoms with Gasteiger partial charge in [-0.15, -0.1) is 0 Å². The summed E-state index contributed by atoms with van der Waals surface area (Å²) in [5, 5.41) is 2.66. The van der Waals surface area contributed by atoms with Crippen LogP contribution < -0.4 is 5.32 Å². The van der Waals surface area contributed by atoms with Crippen LogP contribution in [0.3, 0.4) is 0 Å². The van der Waals surface area contributed by atoms with Gasteiger partial charge in [0.25, 0.3) is 5.91 Å². The first-order chi connectivity index (χ1) is 14.2. The van der Waals surface area contributed by atoms with Crippen molar-refractivity contribution in [2.45, 2.75) is 37.6 Å². The van der Waals surface area contributed by atoms with E-state index in [4.69, 9.17) is 4.74 Å². The molecule has 1 N–H and O–H groups in total. The van der Waals surface area contributed by atoms with Crippen molar-refractivity contribution in [3.05, 3.63) is 59.4 Å². The van der Waals surface area contributed by atoms with Crippen LogP contribution in [-0.2, 0) is 24.3 Å². The van der Waals surface area contributed by atoms with Gasteiger partial charge >= 0.3 is 5.97 Å². The second-order valence-electron chi connectivity index (χ2n) is 7.18. The molecule has 1 saturated heterocycles. The van der Waals surface area contributed by atoms with Crippen LogP contribution in [0.15, 0.2) is 47.4 Å². The maximum absolute atomic E-state index is 14.0. The van der Waals surface area contributed by atoms with Gasteiger partial charge in [0.05, 0.1) is 0 Å². The third kappa shape index (κ3) is 4.68. The summed E-state index contributed by atoms with van der Waals surface area (Å²) in [7, 11) is -4.20. The Balaban J connectivity index is 1.64. The number of ether oxygens (including phenoxy) is 1. The molecule has 0 unspecified atom stereocenters. The third-order valence-electron chi connectivity index (χ3n) is 4.90. The van der Waals surface area contributed by atoms with Gasteiger partial charge in [-0.25, -0.2) is 12.8 Å². The number of amides is 1. The lowest BCUT2D eigenvalue weighted by Crippen LogP contribution is -2.42. The minimum atomic E-state index is -4.20. The van der Waals surface area contributed by atoms with Crippen molar-refractivity contribution in [2.75, 3.05) is 18.5 Å². The number of nitrogens with one attached hydrogen (secondary N) is 1. The summed E-state index contributed by atoms with van der Waals surface area (Å²) in [6.07, 6.45) is 0.674. The van der Waals surface area contributed by atoms with Gasteiger partial charge in [-0.05, 0) is 50.5 Å². The van der Waals surface area contributed by atoms with E-state index in [0.717, 1.165) is 27.6 Å². The molecule has 1 aliphatic rings. The predicted molar refractivity (Wildman–Crippen MR) is 109 cm³/mol. The van der Waals surface area contributed by atoms with Crippen LogP contribution in [0.2, 0.25) is 0 Å². The van der Waals surface area contributed by atoms with E-state index in [1.165, 1.54) is 12.1 Å². The zero-order valence-electron chi connectivity index (χ0n) is 16.7. The number of carbonyl (C=O) groups is 2. The van der Waals surface area contributed by atoms with Gasteiger partial charge in [0.1, 0.15) is 16.8 Å². The van der Waals surface area contributed by atoms with Crippen LogP contribution in [0.5, 0.6) is 0 Å². The molecule has 1 aliphatic heterocycles. The van der Waals surface area contributed by atoms with E-state index in [2.05, 4.69) is 5.32 Å². The van der Waals surface area contributed by atoms with Crippen molar-refractivity contribution >= 4 is 27.6 Å². The number of sulfonamides is 1. The summed E-state index contributed by atoms with van der Waals surface area (Å²) in [4.78, 5) is 24.1. The highest BCUT2D eigenvalue weighted by molar-refractivity contribution is 7.89. The first-order valence-electron chi connectivity index (χ1n) is 9.50. The Bertz CT molecular complexity index is 1070. The smallest absolute Gasteiger partial charge is 0.324 e. The Morgan fingerprint density at radius 3 is 2.63 bits per heavy atom. The summed E-state index contributed by atoms with van der Waals surface area (Å²) in [5.41, 5.74) is 2.52. The minimum Gasteiger partial charge on any atom is -0.454 e. The zero-order chi connectivity index (χ0) is 21.9. The van der Waals surface area contributed by atoms with Gasteiger partial charge < -0.3 is 10.1 Å². The molecular weight excluding hydrogens is 411 g/mol. The summed E-state index contributed by atoms with van der Waals surface area (Å²) in [5.74, 6) is -2.25. The molecule has 0 bridgehead atoms. The van der Waals surface area contributed by atoms with Crippen LogP contribution in [0.4, 0.5) is 10.1 Å². The molecule has 1 heterocycles. The van der Waals surface area contributed by atoms with Gasteiger partial charge in [-0.1, -0.05) is 29.8 Å². The molecule has 0 radical (unpaired) electrons. The standard InChI is InChI=1S/C21H23FN2O5S/c1-14-9-10-17(15(2)12-14)23-20(25)13-29-21(26)18-7-5-11-24(18)30(27,28)19-8-4-3-6-16(19)22/h3-4,6,8-10,12,18H,5,7,11,13H2,1-2H3,(H,23,25)/t18-/m1/s1. The molecule has 30 heavy (non-hydrogen) atoms. The molecule has 2 aromatic rings. The summed E-state index contributed by atoms with van der Waals surface area (Å²) in [6.45, 7) is 3.31. The topological polar surface area (TPSA) is 92.8 Å². The number of hydrogen-bond donors (Lipinski definition) is 1. The van der Waals surface area contributed by atoms with E-state index >= 15 is 0 Å². The van der Waals surface area contributed by atoms with Crippen LogP contribution >= 0.6 is 0 Å². The number of benzene rings is 2. The highest BCUT2D eigenvalue weighted by Crippen LogP contribution is 2.28. The number of anilines is 1. The maximum atomic E-state index is 14.0. The first-order valence-corrected chi connectivity index (χ1v) is 10.9. The Hall–Kier alpha value is -2.78. The molecule has 0 aliphatic carbocycles. The van der Waals surface area contributed by atoms with Crippen molar-refractivity contribution in [3.63, 3.8) is 0 Å². The lowest BCUT2D eigenvalue weighted by molar-refractivity contribution is -0.150. The quantitative estimate of drug-likeness (QED) is 0.706. The second kappa shape index (κ2) is 8.93. The molecule has 0 spiro atoms. The third-order valence-corrected chi connectivity index (χ3v) is 6.84. The van der Waals surface area contributed by atoms with E-state index in [0.29, 0.717) is 12.1 Å². The number of carbonyl (C=O) groups excluding carboxylic acids is 2. The monoisotopic (exact) mass is 434 g/mol. The number of esters is 1. The van der Waals surface area contributed by atoms with Crippen molar-refractivity contribution in [1.82, 2.24) is 4.31 Å². The molecule has 0 saturated carbocycles. The zero-order valence-corrected chi connectivity index (χ0v) is 17.5. The SMILES string of the molecule is Cc1ccc(NC(=O)COC(=O)[C@H]2CCCN2S(=O)(=O)c2ccccc2F)c(C)c1. The van der Waals surface area contributed by atoms with Gasteiger partial charge in [-0.2, -0.15) is 4.31 Å². The summed E-state index contributed by atoms with van der Waals surface area (Å²) in [6, 6.07) is 9.42. The van der Waals surface area contributed by atoms with Gasteiger partial charge in [0.2, 0.25) is 10.0 Å². The molecule has 1 fully saturated rings. The maximum Gasteiger partial charge on any atom is 0.324 e. The molecule has 1 atom stereocenters. The fraction of sp³-hybridized carbons (Fsp3) is 0.333. The Labute approximate surface area is 174 Å². The fourth-order valence-electron chi connectivity index (χ4n) is 3.42. The Morgan fingerprint density at radius 2 is 1.93 bits per heavy atom. The van der Waals surface area contributed by atoms with E-state index in [-0.39, 0.29) is 13.0 Å². The number of nitrogens with zero attached hydrogens (tertiary/aromatic N) is 1. The number of rotatable bonds is 6. The average molecular weight is 434 g/mol.